The zero-order valence-corrected chi connectivity index (χ0v) is 18.4. The number of guanidine groups is 1. The highest BCUT2D eigenvalue weighted by molar-refractivity contribution is 5.93. The van der Waals surface area contributed by atoms with Crippen LogP contribution in [-0.4, -0.2) is 57.8 Å². The molecule has 1 atom stereocenters. The Kier molecular flexibility index (Phi) is 8.39. The molecule has 1 fully saturated rings. The van der Waals surface area contributed by atoms with E-state index in [-0.39, 0.29) is 0 Å². The first-order valence-electron chi connectivity index (χ1n) is 10.8. The van der Waals surface area contributed by atoms with E-state index < -0.39 is 0 Å². The lowest BCUT2D eigenvalue weighted by molar-refractivity contribution is 0.311. The summed E-state index contributed by atoms with van der Waals surface area (Å²) in [5.74, 6) is 2.86. The summed E-state index contributed by atoms with van der Waals surface area (Å²) in [7, 11) is 3.44. The quantitative estimate of drug-likeness (QED) is 0.488. The number of likely N-dealkylation sites (tertiary alicyclic amines) is 1. The van der Waals surface area contributed by atoms with Gasteiger partial charge >= 0.3 is 0 Å². The molecular formula is C24H34N4O2. The molecule has 6 heteroatoms. The van der Waals surface area contributed by atoms with Gasteiger partial charge in [0.2, 0.25) is 0 Å². The highest BCUT2D eigenvalue weighted by Gasteiger charge is 2.22. The summed E-state index contributed by atoms with van der Waals surface area (Å²) in [6, 6.07) is 16.5. The minimum atomic E-state index is 0.592. The van der Waals surface area contributed by atoms with Gasteiger partial charge in [-0.05, 0) is 49.9 Å². The predicted molar refractivity (Wildman–Crippen MR) is 124 cm³/mol. The standard InChI is InChI=1S/C24H34N4O2/c1-4-30-23-16-21(10-11-22(23)29-3)27-24(25-2)26-17-20-13-15-28(18-20)14-12-19-8-6-5-7-9-19/h5-11,16,20H,4,12-15,17-18H2,1-3H3,(H2,25,26,27). The van der Waals surface area contributed by atoms with Crippen molar-refractivity contribution in [3.05, 3.63) is 54.1 Å². The van der Waals surface area contributed by atoms with Gasteiger partial charge in [0, 0.05) is 38.4 Å². The Balaban J connectivity index is 1.45. The van der Waals surface area contributed by atoms with E-state index in [1.807, 2.05) is 25.1 Å². The van der Waals surface area contributed by atoms with Gasteiger partial charge < -0.3 is 25.0 Å². The molecule has 0 radical (unpaired) electrons. The number of nitrogens with one attached hydrogen (secondary N) is 2. The van der Waals surface area contributed by atoms with Crippen LogP contribution in [0.25, 0.3) is 0 Å². The van der Waals surface area contributed by atoms with Gasteiger partial charge in [0.1, 0.15) is 0 Å². The fourth-order valence-corrected chi connectivity index (χ4v) is 3.79. The summed E-state index contributed by atoms with van der Waals surface area (Å²) in [4.78, 5) is 6.93. The third-order valence-electron chi connectivity index (χ3n) is 5.44. The third kappa shape index (κ3) is 6.39. The topological polar surface area (TPSA) is 58.1 Å². The molecule has 0 aliphatic carbocycles. The molecule has 3 rings (SSSR count). The van der Waals surface area contributed by atoms with E-state index in [0.717, 1.165) is 49.2 Å². The van der Waals surface area contributed by atoms with E-state index in [1.54, 1.807) is 14.2 Å². The number of rotatable bonds is 9. The number of methoxy groups -OCH3 is 1. The summed E-state index contributed by atoms with van der Waals surface area (Å²) < 4.78 is 11.0. The maximum absolute atomic E-state index is 5.66. The molecule has 2 aromatic rings. The smallest absolute Gasteiger partial charge is 0.195 e. The second-order valence-corrected chi connectivity index (χ2v) is 7.57. The van der Waals surface area contributed by atoms with Crippen molar-refractivity contribution in [2.45, 2.75) is 19.8 Å². The Morgan fingerprint density at radius 3 is 2.73 bits per heavy atom. The molecule has 0 spiro atoms. The predicted octanol–water partition coefficient (Wildman–Crippen LogP) is 3.65. The van der Waals surface area contributed by atoms with Crippen LogP contribution >= 0.6 is 0 Å². The average molecular weight is 411 g/mol. The molecule has 1 saturated heterocycles. The largest absolute Gasteiger partial charge is 0.493 e. The van der Waals surface area contributed by atoms with Gasteiger partial charge in [-0.3, -0.25) is 4.99 Å². The maximum atomic E-state index is 5.66. The Bertz CT molecular complexity index is 810. The van der Waals surface area contributed by atoms with Crippen LogP contribution in [0.15, 0.2) is 53.5 Å². The minimum absolute atomic E-state index is 0.592. The highest BCUT2D eigenvalue weighted by atomic mass is 16.5. The molecule has 1 unspecified atom stereocenters. The number of aliphatic imine (C=N–C) groups is 1. The van der Waals surface area contributed by atoms with Crippen LogP contribution in [0.1, 0.15) is 18.9 Å². The van der Waals surface area contributed by atoms with Crippen LogP contribution in [0.5, 0.6) is 11.5 Å². The lowest BCUT2D eigenvalue weighted by atomic mass is 10.1. The van der Waals surface area contributed by atoms with Gasteiger partial charge in [0.25, 0.3) is 0 Å². The summed E-state index contributed by atoms with van der Waals surface area (Å²) in [6.07, 6.45) is 2.33. The normalized spacial score (nSPS) is 17.0. The molecule has 1 aliphatic rings. The van der Waals surface area contributed by atoms with Crippen molar-refractivity contribution in [1.29, 1.82) is 0 Å². The molecule has 0 amide bonds. The molecule has 162 valence electrons. The molecule has 30 heavy (non-hydrogen) atoms. The second kappa shape index (κ2) is 11.5. The number of nitrogens with zero attached hydrogens (tertiary/aromatic N) is 2. The maximum Gasteiger partial charge on any atom is 0.195 e. The number of benzene rings is 2. The van der Waals surface area contributed by atoms with Crippen molar-refractivity contribution in [2.24, 2.45) is 10.9 Å². The fourth-order valence-electron chi connectivity index (χ4n) is 3.79. The lowest BCUT2D eigenvalue weighted by Crippen LogP contribution is -2.35. The lowest BCUT2D eigenvalue weighted by Gasteiger charge is -2.18. The van der Waals surface area contributed by atoms with Crippen LogP contribution in [0.3, 0.4) is 0 Å². The molecule has 2 N–H and O–H groups in total. The van der Waals surface area contributed by atoms with Crippen LogP contribution < -0.4 is 20.1 Å². The van der Waals surface area contributed by atoms with Crippen LogP contribution in [0, 0.1) is 5.92 Å². The van der Waals surface area contributed by atoms with Crippen molar-refractivity contribution in [1.82, 2.24) is 10.2 Å². The summed E-state index contributed by atoms with van der Waals surface area (Å²) in [6.45, 7) is 6.89. The second-order valence-electron chi connectivity index (χ2n) is 7.57. The van der Waals surface area contributed by atoms with E-state index in [0.29, 0.717) is 12.5 Å². The summed E-state index contributed by atoms with van der Waals surface area (Å²) >= 11 is 0. The first-order chi connectivity index (χ1) is 14.7. The van der Waals surface area contributed by atoms with Gasteiger partial charge in [-0.15, -0.1) is 0 Å². The van der Waals surface area contributed by atoms with E-state index in [9.17, 15) is 0 Å². The highest BCUT2D eigenvalue weighted by Crippen LogP contribution is 2.30. The average Bonchev–Trinajstić information content (AvgIpc) is 3.24. The van der Waals surface area contributed by atoms with E-state index in [2.05, 4.69) is 50.9 Å². The number of hydrogen-bond donors (Lipinski definition) is 2. The van der Waals surface area contributed by atoms with Crippen LogP contribution in [-0.2, 0) is 6.42 Å². The van der Waals surface area contributed by atoms with Crippen molar-refractivity contribution < 1.29 is 9.47 Å². The zero-order chi connectivity index (χ0) is 21.2. The van der Waals surface area contributed by atoms with E-state index >= 15 is 0 Å². The SMILES string of the molecule is CCOc1cc(NC(=NC)NCC2CCN(CCc3ccccc3)C2)ccc1OC. The molecular weight excluding hydrogens is 376 g/mol. The number of anilines is 1. The minimum Gasteiger partial charge on any atom is -0.493 e. The summed E-state index contributed by atoms with van der Waals surface area (Å²) in [5, 5.41) is 6.82. The number of hydrogen-bond acceptors (Lipinski definition) is 4. The summed E-state index contributed by atoms with van der Waals surface area (Å²) in [5.41, 5.74) is 2.33. The Morgan fingerprint density at radius 1 is 1.17 bits per heavy atom. The molecule has 0 saturated carbocycles. The Hall–Kier alpha value is -2.73. The molecule has 6 nitrogen and oxygen atoms in total. The molecule has 0 bridgehead atoms. The van der Waals surface area contributed by atoms with Crippen molar-refractivity contribution >= 4 is 11.6 Å². The Labute approximate surface area is 180 Å². The van der Waals surface area contributed by atoms with Gasteiger partial charge in [-0.2, -0.15) is 0 Å². The fraction of sp³-hybridized carbons (Fsp3) is 0.458. The first kappa shape index (κ1) is 22.0. The van der Waals surface area contributed by atoms with Gasteiger partial charge in [0.05, 0.1) is 13.7 Å². The van der Waals surface area contributed by atoms with E-state index in [1.165, 1.54) is 18.5 Å². The molecule has 1 aliphatic heterocycles. The number of ether oxygens (including phenoxy) is 2. The van der Waals surface area contributed by atoms with Crippen molar-refractivity contribution in [3.8, 4) is 11.5 Å². The van der Waals surface area contributed by atoms with Crippen LogP contribution in [0.2, 0.25) is 0 Å². The van der Waals surface area contributed by atoms with Gasteiger partial charge in [-0.1, -0.05) is 30.3 Å². The zero-order valence-electron chi connectivity index (χ0n) is 18.4. The molecule has 1 heterocycles. The monoisotopic (exact) mass is 410 g/mol. The van der Waals surface area contributed by atoms with Crippen molar-refractivity contribution in [3.63, 3.8) is 0 Å². The third-order valence-corrected chi connectivity index (χ3v) is 5.44. The van der Waals surface area contributed by atoms with Crippen LogP contribution in [0.4, 0.5) is 5.69 Å². The Morgan fingerprint density at radius 2 is 2.00 bits per heavy atom. The van der Waals surface area contributed by atoms with Gasteiger partial charge in [0.15, 0.2) is 17.5 Å². The molecule has 2 aromatic carbocycles. The first-order valence-corrected chi connectivity index (χ1v) is 10.8. The molecule has 0 aromatic heterocycles. The van der Waals surface area contributed by atoms with Gasteiger partial charge in [-0.25, -0.2) is 0 Å². The van der Waals surface area contributed by atoms with Crippen molar-refractivity contribution in [2.75, 3.05) is 52.3 Å². The van der Waals surface area contributed by atoms with E-state index in [4.69, 9.17) is 9.47 Å².